The summed E-state index contributed by atoms with van der Waals surface area (Å²) in [5.41, 5.74) is 1.87. The molecule has 1 heterocycles. The van der Waals surface area contributed by atoms with Gasteiger partial charge in [0, 0.05) is 32.4 Å². The Morgan fingerprint density at radius 1 is 1.03 bits per heavy atom. The van der Waals surface area contributed by atoms with Crippen molar-refractivity contribution in [1.29, 1.82) is 0 Å². The summed E-state index contributed by atoms with van der Waals surface area (Å²) in [6, 6.07) is 10.3. The number of likely N-dealkylation sites (N-methyl/N-ethyl adjacent to an activating group) is 1. The van der Waals surface area contributed by atoms with Gasteiger partial charge in [-0.15, -0.1) is 0 Å². The van der Waals surface area contributed by atoms with E-state index in [2.05, 4.69) is 5.32 Å². The summed E-state index contributed by atoms with van der Waals surface area (Å²) in [5, 5.41) is 3.02. The van der Waals surface area contributed by atoms with Crippen molar-refractivity contribution < 1.29 is 28.5 Å². The molecule has 3 rings (SSSR count). The summed E-state index contributed by atoms with van der Waals surface area (Å²) >= 11 is 0. The molecule has 0 saturated carbocycles. The van der Waals surface area contributed by atoms with Gasteiger partial charge in [-0.2, -0.15) is 0 Å². The zero-order chi connectivity index (χ0) is 24.0. The minimum absolute atomic E-state index is 0.167. The number of hydrogen-bond acceptors (Lipinski definition) is 6. The predicted molar refractivity (Wildman–Crippen MR) is 124 cm³/mol. The number of nitrogens with one attached hydrogen (secondary N) is 1. The molecule has 0 saturated heterocycles. The van der Waals surface area contributed by atoms with Crippen LogP contribution in [0.2, 0.25) is 0 Å². The van der Waals surface area contributed by atoms with Gasteiger partial charge in [0.15, 0.2) is 11.5 Å². The molecule has 1 aliphatic rings. The van der Waals surface area contributed by atoms with Gasteiger partial charge in [0.05, 0.1) is 33.3 Å². The van der Waals surface area contributed by atoms with Crippen LogP contribution in [0, 0.1) is 0 Å². The van der Waals surface area contributed by atoms with E-state index >= 15 is 0 Å². The highest BCUT2D eigenvalue weighted by Gasteiger charge is 2.43. The average Bonchev–Trinajstić information content (AvgIpc) is 2.85. The molecular weight excluding hydrogens is 424 g/mol. The molecule has 8 nitrogen and oxygen atoms in total. The molecule has 2 atom stereocenters. The highest BCUT2D eigenvalue weighted by Crippen LogP contribution is 2.45. The second-order valence-electron chi connectivity index (χ2n) is 7.75. The molecular formula is C25H32N2O6. The Morgan fingerprint density at radius 2 is 1.70 bits per heavy atom. The number of carbonyl (C=O) groups is 2. The fourth-order valence-corrected chi connectivity index (χ4v) is 4.19. The molecule has 8 heteroatoms. The summed E-state index contributed by atoms with van der Waals surface area (Å²) < 4.78 is 21.5. The second kappa shape index (κ2) is 11.0. The Morgan fingerprint density at radius 3 is 2.30 bits per heavy atom. The lowest BCUT2D eigenvalue weighted by Crippen LogP contribution is -2.46. The smallest absolute Gasteiger partial charge is 0.254 e. The lowest BCUT2D eigenvalue weighted by Gasteiger charge is -2.40. The number of amides is 2. The van der Waals surface area contributed by atoms with Crippen molar-refractivity contribution in [2.75, 3.05) is 48.1 Å². The molecule has 33 heavy (non-hydrogen) atoms. The highest BCUT2D eigenvalue weighted by atomic mass is 16.5. The van der Waals surface area contributed by atoms with Crippen LogP contribution in [0.4, 0.5) is 0 Å². The number of hydrogen-bond donors (Lipinski definition) is 1. The van der Waals surface area contributed by atoms with Gasteiger partial charge in [0.2, 0.25) is 5.91 Å². The molecule has 2 aromatic carbocycles. The van der Waals surface area contributed by atoms with Gasteiger partial charge in [0.25, 0.3) is 5.91 Å². The fraction of sp³-hybridized carbons (Fsp3) is 0.440. The van der Waals surface area contributed by atoms with Crippen molar-refractivity contribution >= 4 is 11.8 Å². The molecule has 2 amide bonds. The lowest BCUT2D eigenvalue weighted by atomic mass is 9.79. The normalized spacial score (nSPS) is 17.4. The van der Waals surface area contributed by atoms with Gasteiger partial charge in [-0.05, 0) is 48.7 Å². The van der Waals surface area contributed by atoms with Gasteiger partial charge >= 0.3 is 0 Å². The standard InChI is InChI=1S/C25H32N2O6/c1-6-33-13-7-12-26-24(28)22-18-14-20(31-4)21(32-5)15-19(18)25(29)27(2)23(22)16-8-10-17(30-3)11-9-16/h8-11,14-15,22-23H,6-7,12-13H2,1-5H3,(H,26,28)/t22-,23-/m1/s1. The maximum Gasteiger partial charge on any atom is 0.254 e. The van der Waals surface area contributed by atoms with E-state index in [0.717, 1.165) is 5.56 Å². The van der Waals surface area contributed by atoms with E-state index < -0.39 is 12.0 Å². The number of fused-ring (bicyclic) bond motifs is 1. The van der Waals surface area contributed by atoms with Crippen LogP contribution in [-0.2, 0) is 9.53 Å². The number of benzene rings is 2. The van der Waals surface area contributed by atoms with Gasteiger partial charge in [-0.1, -0.05) is 12.1 Å². The van der Waals surface area contributed by atoms with Gasteiger partial charge in [-0.25, -0.2) is 0 Å². The Bertz CT molecular complexity index is 976. The molecule has 0 bridgehead atoms. The zero-order valence-corrected chi connectivity index (χ0v) is 19.8. The van der Waals surface area contributed by atoms with E-state index in [1.807, 2.05) is 31.2 Å². The van der Waals surface area contributed by atoms with Crippen LogP contribution in [0.15, 0.2) is 36.4 Å². The molecule has 0 fully saturated rings. The molecule has 0 unspecified atom stereocenters. The van der Waals surface area contributed by atoms with Crippen LogP contribution < -0.4 is 19.5 Å². The first-order chi connectivity index (χ1) is 16.0. The first-order valence-corrected chi connectivity index (χ1v) is 11.0. The third-order valence-corrected chi connectivity index (χ3v) is 5.88. The molecule has 0 aromatic heterocycles. The summed E-state index contributed by atoms with van der Waals surface area (Å²) in [6.45, 7) is 3.62. The van der Waals surface area contributed by atoms with Crippen molar-refractivity contribution in [2.45, 2.75) is 25.3 Å². The Balaban J connectivity index is 2.05. The van der Waals surface area contributed by atoms with Crippen LogP contribution in [0.3, 0.4) is 0 Å². The second-order valence-corrected chi connectivity index (χ2v) is 7.75. The van der Waals surface area contributed by atoms with E-state index in [1.54, 1.807) is 31.2 Å². The maximum absolute atomic E-state index is 13.5. The lowest BCUT2D eigenvalue weighted by molar-refractivity contribution is -0.124. The Hall–Kier alpha value is -3.26. The third-order valence-electron chi connectivity index (χ3n) is 5.88. The minimum Gasteiger partial charge on any atom is -0.497 e. The number of ether oxygens (including phenoxy) is 4. The van der Waals surface area contributed by atoms with Crippen LogP contribution in [0.25, 0.3) is 0 Å². The monoisotopic (exact) mass is 456 g/mol. The van der Waals surface area contributed by atoms with Gasteiger partial charge in [0.1, 0.15) is 5.75 Å². The first-order valence-electron chi connectivity index (χ1n) is 11.0. The van der Waals surface area contributed by atoms with Crippen LogP contribution in [0.1, 0.15) is 46.8 Å². The van der Waals surface area contributed by atoms with Crippen LogP contribution in [-0.4, -0.2) is 64.8 Å². The van der Waals surface area contributed by atoms with Crippen molar-refractivity contribution in [2.24, 2.45) is 0 Å². The summed E-state index contributed by atoms with van der Waals surface area (Å²) in [7, 11) is 6.36. The Kier molecular flexibility index (Phi) is 8.16. The largest absolute Gasteiger partial charge is 0.497 e. The quantitative estimate of drug-likeness (QED) is 0.553. The molecule has 178 valence electrons. The predicted octanol–water partition coefficient (Wildman–Crippen LogP) is 3.17. The molecule has 1 aliphatic heterocycles. The van der Waals surface area contributed by atoms with Crippen molar-refractivity contribution in [3.05, 3.63) is 53.1 Å². The van der Waals surface area contributed by atoms with Crippen molar-refractivity contribution in [3.8, 4) is 17.2 Å². The molecule has 1 N–H and O–H groups in total. The van der Waals surface area contributed by atoms with Gasteiger partial charge < -0.3 is 29.2 Å². The number of methoxy groups -OCH3 is 3. The van der Waals surface area contributed by atoms with Gasteiger partial charge in [-0.3, -0.25) is 9.59 Å². The fourth-order valence-electron chi connectivity index (χ4n) is 4.19. The van der Waals surface area contributed by atoms with E-state index in [4.69, 9.17) is 18.9 Å². The number of carbonyl (C=O) groups excluding carboxylic acids is 2. The number of nitrogens with zero attached hydrogens (tertiary/aromatic N) is 1. The number of rotatable bonds is 10. The molecule has 2 aromatic rings. The first kappa shape index (κ1) is 24.4. The van der Waals surface area contributed by atoms with E-state index in [-0.39, 0.29) is 11.8 Å². The van der Waals surface area contributed by atoms with E-state index in [1.165, 1.54) is 14.2 Å². The Labute approximate surface area is 194 Å². The van der Waals surface area contributed by atoms with E-state index in [9.17, 15) is 9.59 Å². The van der Waals surface area contributed by atoms with Crippen LogP contribution >= 0.6 is 0 Å². The summed E-state index contributed by atoms with van der Waals surface area (Å²) in [4.78, 5) is 28.5. The third kappa shape index (κ3) is 5.06. The summed E-state index contributed by atoms with van der Waals surface area (Å²) in [5.74, 6) is 0.621. The SMILES string of the molecule is CCOCCCNC(=O)[C@@H]1c2cc(OC)c(OC)cc2C(=O)N(C)[C@@H]1c1ccc(OC)cc1. The van der Waals surface area contributed by atoms with Crippen molar-refractivity contribution in [3.63, 3.8) is 0 Å². The average molecular weight is 457 g/mol. The van der Waals surface area contributed by atoms with E-state index in [0.29, 0.717) is 54.6 Å². The molecule has 0 radical (unpaired) electrons. The highest BCUT2D eigenvalue weighted by molar-refractivity contribution is 6.02. The minimum atomic E-state index is -0.636. The summed E-state index contributed by atoms with van der Waals surface area (Å²) in [6.07, 6.45) is 0.701. The van der Waals surface area contributed by atoms with Crippen molar-refractivity contribution in [1.82, 2.24) is 10.2 Å². The molecule has 0 aliphatic carbocycles. The topological polar surface area (TPSA) is 86.3 Å². The maximum atomic E-state index is 13.5. The van der Waals surface area contributed by atoms with Crippen LogP contribution in [0.5, 0.6) is 17.2 Å². The molecule has 0 spiro atoms. The zero-order valence-electron chi connectivity index (χ0n) is 19.8.